The van der Waals surface area contributed by atoms with Crippen LogP contribution < -0.4 is 9.47 Å². The van der Waals surface area contributed by atoms with Crippen molar-refractivity contribution in [3.05, 3.63) is 65.7 Å². The Morgan fingerprint density at radius 3 is 2.86 bits per heavy atom. The first kappa shape index (κ1) is 16.8. The molecule has 28 heavy (non-hydrogen) atoms. The Morgan fingerprint density at radius 2 is 2.00 bits per heavy atom. The molecule has 1 aromatic heterocycles. The maximum atomic E-state index is 13.6. The number of para-hydroxylation sites is 2. The summed E-state index contributed by atoms with van der Waals surface area (Å²) in [5.41, 5.74) is 2.01. The Balaban J connectivity index is 1.37. The van der Waals surface area contributed by atoms with Crippen molar-refractivity contribution in [2.75, 3.05) is 13.2 Å². The monoisotopic (exact) mass is 380 g/mol. The SMILES string of the molecule is O=C([C@H]1COc2ccccc2O1)N1CCc2onc(-c3cccc(F)c3)c2C1. The zero-order chi connectivity index (χ0) is 19.1. The third-order valence-electron chi connectivity index (χ3n) is 5.02. The van der Waals surface area contributed by atoms with E-state index in [-0.39, 0.29) is 18.3 Å². The fraction of sp³-hybridized carbons (Fsp3) is 0.238. The molecule has 0 unspecified atom stereocenters. The Morgan fingerprint density at radius 1 is 1.14 bits per heavy atom. The summed E-state index contributed by atoms with van der Waals surface area (Å²) in [7, 11) is 0. The lowest BCUT2D eigenvalue weighted by Crippen LogP contribution is -2.47. The molecule has 5 rings (SSSR count). The molecule has 2 aliphatic heterocycles. The topological polar surface area (TPSA) is 64.8 Å². The summed E-state index contributed by atoms with van der Waals surface area (Å²) < 4.78 is 30.5. The average Bonchev–Trinajstić information content (AvgIpc) is 3.16. The van der Waals surface area contributed by atoms with E-state index in [1.54, 1.807) is 23.1 Å². The van der Waals surface area contributed by atoms with Gasteiger partial charge in [0, 0.05) is 24.1 Å². The number of halogens is 1. The molecule has 7 heteroatoms. The quantitative estimate of drug-likeness (QED) is 0.683. The summed E-state index contributed by atoms with van der Waals surface area (Å²) in [5, 5.41) is 4.11. The molecule has 3 aromatic rings. The standard InChI is InChI=1S/C21H17FN2O4/c22-14-5-3-4-13(10-14)20-15-11-24(9-8-16(15)28-23-20)21(25)19-12-26-17-6-1-2-7-18(17)27-19/h1-7,10,19H,8-9,11-12H2/t19-/m1/s1. The lowest BCUT2D eigenvalue weighted by atomic mass is 10.0. The first-order valence-electron chi connectivity index (χ1n) is 9.09. The molecule has 0 bridgehead atoms. The van der Waals surface area contributed by atoms with Crippen LogP contribution >= 0.6 is 0 Å². The van der Waals surface area contributed by atoms with Crippen LogP contribution in [0.4, 0.5) is 4.39 Å². The minimum absolute atomic E-state index is 0.147. The van der Waals surface area contributed by atoms with Gasteiger partial charge >= 0.3 is 0 Å². The van der Waals surface area contributed by atoms with Gasteiger partial charge in [-0.3, -0.25) is 4.79 Å². The number of hydrogen-bond donors (Lipinski definition) is 0. The summed E-state index contributed by atoms with van der Waals surface area (Å²) >= 11 is 0. The van der Waals surface area contributed by atoms with E-state index in [4.69, 9.17) is 14.0 Å². The van der Waals surface area contributed by atoms with Gasteiger partial charge in [0.1, 0.15) is 23.9 Å². The number of ether oxygens (including phenoxy) is 2. The van der Waals surface area contributed by atoms with Gasteiger partial charge in [-0.15, -0.1) is 0 Å². The average molecular weight is 380 g/mol. The number of carbonyl (C=O) groups excluding carboxylic acids is 1. The van der Waals surface area contributed by atoms with Gasteiger partial charge in [0.15, 0.2) is 11.5 Å². The van der Waals surface area contributed by atoms with E-state index in [1.807, 2.05) is 18.2 Å². The van der Waals surface area contributed by atoms with Gasteiger partial charge in [-0.2, -0.15) is 0 Å². The number of nitrogens with zero attached hydrogens (tertiary/aromatic N) is 2. The van der Waals surface area contributed by atoms with Gasteiger partial charge in [-0.05, 0) is 24.3 Å². The van der Waals surface area contributed by atoms with Crippen LogP contribution in [0.1, 0.15) is 11.3 Å². The van der Waals surface area contributed by atoms with Crippen LogP contribution in [0.2, 0.25) is 0 Å². The molecule has 0 fully saturated rings. The third kappa shape index (κ3) is 2.89. The van der Waals surface area contributed by atoms with Crippen LogP contribution in [0.25, 0.3) is 11.3 Å². The van der Waals surface area contributed by atoms with Crippen LogP contribution in [0.5, 0.6) is 11.5 Å². The highest BCUT2D eigenvalue weighted by molar-refractivity contribution is 5.82. The highest BCUT2D eigenvalue weighted by Crippen LogP contribution is 2.33. The molecule has 0 spiro atoms. The predicted molar refractivity (Wildman–Crippen MR) is 97.4 cm³/mol. The van der Waals surface area contributed by atoms with E-state index in [9.17, 15) is 9.18 Å². The van der Waals surface area contributed by atoms with E-state index in [0.29, 0.717) is 42.3 Å². The second-order valence-electron chi connectivity index (χ2n) is 6.82. The smallest absolute Gasteiger partial charge is 0.267 e. The summed E-state index contributed by atoms with van der Waals surface area (Å²) in [5.74, 6) is 1.44. The first-order chi connectivity index (χ1) is 13.7. The number of fused-ring (bicyclic) bond motifs is 2. The molecule has 0 radical (unpaired) electrons. The zero-order valence-corrected chi connectivity index (χ0v) is 14.9. The highest BCUT2D eigenvalue weighted by atomic mass is 19.1. The van der Waals surface area contributed by atoms with Crippen molar-refractivity contribution in [1.82, 2.24) is 10.1 Å². The minimum Gasteiger partial charge on any atom is -0.485 e. The first-order valence-corrected chi connectivity index (χ1v) is 9.09. The van der Waals surface area contributed by atoms with Gasteiger partial charge < -0.3 is 18.9 Å². The maximum Gasteiger partial charge on any atom is 0.267 e. The summed E-state index contributed by atoms with van der Waals surface area (Å²) in [6.45, 7) is 1.01. The van der Waals surface area contributed by atoms with E-state index < -0.39 is 6.10 Å². The lowest BCUT2D eigenvalue weighted by molar-refractivity contribution is -0.142. The molecule has 6 nitrogen and oxygen atoms in total. The van der Waals surface area contributed by atoms with Gasteiger partial charge in [0.05, 0.1) is 6.54 Å². The zero-order valence-electron chi connectivity index (χ0n) is 14.9. The number of amides is 1. The predicted octanol–water partition coefficient (Wildman–Crippen LogP) is 3.21. The van der Waals surface area contributed by atoms with Crippen molar-refractivity contribution < 1.29 is 23.2 Å². The molecule has 0 aliphatic carbocycles. The number of carbonyl (C=O) groups is 1. The summed E-state index contributed by atoms with van der Waals surface area (Å²) in [6.07, 6.45) is -0.151. The number of rotatable bonds is 2. The van der Waals surface area contributed by atoms with Crippen molar-refractivity contribution >= 4 is 5.91 Å². The largest absolute Gasteiger partial charge is 0.485 e. The fourth-order valence-corrected chi connectivity index (χ4v) is 3.60. The molecule has 3 heterocycles. The van der Waals surface area contributed by atoms with Crippen molar-refractivity contribution in [3.63, 3.8) is 0 Å². The second kappa shape index (κ2) is 6.67. The fourth-order valence-electron chi connectivity index (χ4n) is 3.60. The van der Waals surface area contributed by atoms with Crippen LogP contribution in [0, 0.1) is 5.82 Å². The molecular formula is C21H17FN2O4. The lowest BCUT2D eigenvalue weighted by Gasteiger charge is -2.32. The normalized spacial score (nSPS) is 17.9. The van der Waals surface area contributed by atoms with Gasteiger partial charge in [0.2, 0.25) is 6.10 Å². The number of hydrogen-bond acceptors (Lipinski definition) is 5. The Hall–Kier alpha value is -3.35. The molecule has 2 aliphatic rings. The van der Waals surface area contributed by atoms with E-state index in [1.165, 1.54) is 12.1 Å². The summed E-state index contributed by atoms with van der Waals surface area (Å²) in [4.78, 5) is 14.7. The number of aromatic nitrogens is 1. The second-order valence-corrected chi connectivity index (χ2v) is 6.82. The molecule has 2 aromatic carbocycles. The summed E-state index contributed by atoms with van der Waals surface area (Å²) in [6, 6.07) is 13.5. The maximum absolute atomic E-state index is 13.6. The minimum atomic E-state index is -0.700. The van der Waals surface area contributed by atoms with Crippen molar-refractivity contribution in [2.24, 2.45) is 0 Å². The molecule has 1 atom stereocenters. The van der Waals surface area contributed by atoms with Crippen LogP contribution in [0.3, 0.4) is 0 Å². The van der Waals surface area contributed by atoms with Crippen LogP contribution in [-0.2, 0) is 17.8 Å². The van der Waals surface area contributed by atoms with Crippen LogP contribution in [0.15, 0.2) is 53.1 Å². The van der Waals surface area contributed by atoms with Gasteiger partial charge in [-0.1, -0.05) is 29.4 Å². The molecule has 142 valence electrons. The number of benzene rings is 2. The van der Waals surface area contributed by atoms with Gasteiger partial charge in [-0.25, -0.2) is 4.39 Å². The molecule has 0 saturated heterocycles. The van der Waals surface area contributed by atoms with E-state index in [0.717, 1.165) is 11.3 Å². The van der Waals surface area contributed by atoms with Crippen molar-refractivity contribution in [1.29, 1.82) is 0 Å². The van der Waals surface area contributed by atoms with Crippen LogP contribution in [-0.4, -0.2) is 35.2 Å². The molecule has 0 N–H and O–H groups in total. The van der Waals surface area contributed by atoms with Gasteiger partial charge in [0.25, 0.3) is 5.91 Å². The Labute approximate surface area is 160 Å². The van der Waals surface area contributed by atoms with Crippen molar-refractivity contribution in [2.45, 2.75) is 19.1 Å². The Bertz CT molecular complexity index is 1050. The third-order valence-corrected chi connectivity index (χ3v) is 5.02. The van der Waals surface area contributed by atoms with Crippen molar-refractivity contribution in [3.8, 4) is 22.8 Å². The highest BCUT2D eigenvalue weighted by Gasteiger charge is 2.34. The molecule has 0 saturated carbocycles. The van der Waals surface area contributed by atoms with E-state index >= 15 is 0 Å². The molecular weight excluding hydrogens is 363 g/mol. The Kier molecular flexibility index (Phi) is 4.00. The van der Waals surface area contributed by atoms with E-state index in [2.05, 4.69) is 5.16 Å². The molecule has 1 amide bonds.